The fraction of sp³-hybridized carbons (Fsp3) is 0.900. The van der Waals surface area contributed by atoms with E-state index in [0.717, 1.165) is 25.7 Å². The first-order valence-electron chi connectivity index (χ1n) is 14.2. The Labute approximate surface area is 212 Å². The summed E-state index contributed by atoms with van der Waals surface area (Å²) in [6.07, 6.45) is 8.03. The van der Waals surface area contributed by atoms with E-state index >= 15 is 0 Å². The van der Waals surface area contributed by atoms with Crippen molar-refractivity contribution < 1.29 is 24.9 Å². The van der Waals surface area contributed by atoms with Crippen LogP contribution in [0.5, 0.6) is 0 Å². The maximum atomic E-state index is 12.2. The van der Waals surface area contributed by atoms with Crippen LogP contribution in [0.25, 0.3) is 0 Å². The lowest BCUT2D eigenvalue weighted by Gasteiger charge is -2.66. The minimum Gasteiger partial charge on any atom is -0.459 e. The molecule has 0 aliphatic heterocycles. The molecule has 4 rings (SSSR count). The molecule has 35 heavy (non-hydrogen) atoms. The Hall–Kier alpha value is -0.910. The highest BCUT2D eigenvalue weighted by molar-refractivity contribution is 5.66. The van der Waals surface area contributed by atoms with Crippen LogP contribution in [0.1, 0.15) is 93.4 Å². The zero-order valence-corrected chi connectivity index (χ0v) is 23.0. The average molecular weight is 491 g/mol. The van der Waals surface area contributed by atoms with Gasteiger partial charge in [-0.1, -0.05) is 53.7 Å². The minimum absolute atomic E-state index is 0.0314. The molecule has 5 heteroatoms. The molecule has 0 aromatic heterocycles. The van der Waals surface area contributed by atoms with Gasteiger partial charge in [0.25, 0.3) is 0 Å². The van der Waals surface area contributed by atoms with Crippen molar-refractivity contribution in [3.8, 4) is 0 Å². The minimum atomic E-state index is -1.44. The van der Waals surface area contributed by atoms with Crippen LogP contribution in [0.15, 0.2) is 12.2 Å². The smallest absolute Gasteiger partial charge is 0.303 e. The Bertz CT molecular complexity index is 824. The first kappa shape index (κ1) is 27.1. The van der Waals surface area contributed by atoms with Crippen molar-refractivity contribution in [3.63, 3.8) is 0 Å². The van der Waals surface area contributed by atoms with Crippen molar-refractivity contribution >= 4 is 5.97 Å². The maximum Gasteiger partial charge on any atom is 0.303 e. The third-order valence-corrected chi connectivity index (χ3v) is 11.6. The number of carbonyl (C=O) groups is 1. The van der Waals surface area contributed by atoms with Gasteiger partial charge in [-0.15, -0.1) is 0 Å². The molecule has 4 saturated carbocycles. The van der Waals surface area contributed by atoms with Crippen LogP contribution >= 0.6 is 0 Å². The second kappa shape index (κ2) is 9.44. The van der Waals surface area contributed by atoms with Crippen LogP contribution in [0.2, 0.25) is 0 Å². The van der Waals surface area contributed by atoms with E-state index in [-0.39, 0.29) is 23.7 Å². The molecular formula is C30H50O5. The Morgan fingerprint density at radius 1 is 0.971 bits per heavy atom. The van der Waals surface area contributed by atoms with Gasteiger partial charge in [-0.05, 0) is 79.4 Å². The highest BCUT2D eigenvalue weighted by atomic mass is 16.6. The number of fused-ring (bicyclic) bond motifs is 5. The number of ether oxygens (including phenoxy) is 1. The summed E-state index contributed by atoms with van der Waals surface area (Å²) in [4.78, 5) is 12.2. The molecule has 0 amide bonds. The van der Waals surface area contributed by atoms with E-state index in [2.05, 4.69) is 53.7 Å². The van der Waals surface area contributed by atoms with Crippen molar-refractivity contribution in [1.82, 2.24) is 0 Å². The molecule has 0 aromatic rings. The molecule has 12 atom stereocenters. The quantitative estimate of drug-likeness (QED) is 0.368. The van der Waals surface area contributed by atoms with Crippen molar-refractivity contribution in [2.75, 3.05) is 0 Å². The van der Waals surface area contributed by atoms with Gasteiger partial charge >= 0.3 is 5.97 Å². The summed E-state index contributed by atoms with van der Waals surface area (Å²) in [6, 6.07) is 0. The molecular weight excluding hydrogens is 440 g/mol. The summed E-state index contributed by atoms with van der Waals surface area (Å²) in [6.45, 7) is 15.1. The standard InChI is InChI=1S/C30H50O5/c1-17(2)18(3)8-9-19(4)22-10-11-23-25-24(13-14-28(22,23)6)29(7)15-12-21(32)16-30(29,34)27(33)26(25)35-20(5)31/h8-9,17-19,21-27,32-34H,10-16H2,1-7H3/b9-8+/t18-,19+,21-,22+,23-,24-,25-,26+,27+,28+,29+,30-/m0/s1. The second-order valence-electron chi connectivity index (χ2n) is 13.6. The Morgan fingerprint density at radius 3 is 2.29 bits per heavy atom. The zero-order valence-electron chi connectivity index (χ0n) is 23.0. The van der Waals surface area contributed by atoms with Crippen molar-refractivity contribution in [2.24, 2.45) is 52.3 Å². The first-order valence-corrected chi connectivity index (χ1v) is 14.2. The van der Waals surface area contributed by atoms with Crippen LogP contribution in [0.4, 0.5) is 0 Å². The Balaban J connectivity index is 1.68. The molecule has 3 N–H and O–H groups in total. The number of esters is 1. The lowest BCUT2D eigenvalue weighted by Crippen LogP contribution is -2.73. The SMILES string of the molecule is CC(=O)O[C@@H]1[C@H]2[C@@H]3CC[C@H]([C@H](C)/C=C/[C@H](C)C(C)C)[C@@]3(C)CC[C@@H]2[C@@]2(C)CC[C@H](O)C[C@]2(O)[C@@H]1O. The zero-order chi connectivity index (χ0) is 25.9. The second-order valence-corrected chi connectivity index (χ2v) is 13.6. The summed E-state index contributed by atoms with van der Waals surface area (Å²) in [5.41, 5.74) is -1.82. The molecule has 4 fully saturated rings. The van der Waals surface area contributed by atoms with E-state index in [4.69, 9.17) is 4.74 Å². The van der Waals surface area contributed by atoms with E-state index in [1.54, 1.807) is 0 Å². The number of allylic oxidation sites excluding steroid dienone is 2. The number of hydrogen-bond donors (Lipinski definition) is 3. The molecule has 0 heterocycles. The Morgan fingerprint density at radius 2 is 1.66 bits per heavy atom. The molecule has 0 radical (unpaired) electrons. The number of hydrogen-bond acceptors (Lipinski definition) is 5. The monoisotopic (exact) mass is 490 g/mol. The van der Waals surface area contributed by atoms with Crippen LogP contribution in [-0.4, -0.2) is 45.2 Å². The fourth-order valence-corrected chi connectivity index (χ4v) is 9.17. The van der Waals surface area contributed by atoms with Crippen LogP contribution in [0, 0.1) is 52.3 Å². The van der Waals surface area contributed by atoms with E-state index in [9.17, 15) is 20.1 Å². The number of aliphatic hydroxyl groups excluding tert-OH is 2. The largest absolute Gasteiger partial charge is 0.459 e. The van der Waals surface area contributed by atoms with Crippen molar-refractivity contribution in [1.29, 1.82) is 0 Å². The van der Waals surface area contributed by atoms with Gasteiger partial charge in [0.05, 0.1) is 6.10 Å². The number of aliphatic hydroxyl groups is 3. The fourth-order valence-electron chi connectivity index (χ4n) is 9.17. The van der Waals surface area contributed by atoms with E-state index in [1.807, 2.05) is 0 Å². The Kier molecular flexibility index (Phi) is 7.32. The predicted octanol–water partition coefficient (Wildman–Crippen LogP) is 5.12. The third kappa shape index (κ3) is 4.22. The van der Waals surface area contributed by atoms with E-state index in [1.165, 1.54) is 6.92 Å². The van der Waals surface area contributed by atoms with Gasteiger partial charge in [0.1, 0.15) is 17.8 Å². The summed E-state index contributed by atoms with van der Waals surface area (Å²) in [5, 5.41) is 34.0. The lowest BCUT2D eigenvalue weighted by atomic mass is 9.41. The number of rotatable bonds is 5. The summed E-state index contributed by atoms with van der Waals surface area (Å²) >= 11 is 0. The highest BCUT2D eigenvalue weighted by Gasteiger charge is 2.71. The first-order chi connectivity index (χ1) is 16.3. The number of carbonyl (C=O) groups excluding carboxylic acids is 1. The topological polar surface area (TPSA) is 87.0 Å². The molecule has 200 valence electrons. The molecule has 0 spiro atoms. The summed E-state index contributed by atoms with van der Waals surface area (Å²) in [7, 11) is 0. The van der Waals surface area contributed by atoms with Gasteiger partial charge in [-0.2, -0.15) is 0 Å². The van der Waals surface area contributed by atoms with Crippen molar-refractivity contribution in [3.05, 3.63) is 12.2 Å². The molecule has 0 bridgehead atoms. The molecule has 4 aliphatic rings. The summed E-state index contributed by atoms with van der Waals surface area (Å²) < 4.78 is 5.88. The predicted molar refractivity (Wildman–Crippen MR) is 137 cm³/mol. The molecule has 0 saturated heterocycles. The van der Waals surface area contributed by atoms with Gasteiger partial charge in [0, 0.05) is 24.7 Å². The normalized spacial score (nSPS) is 49.3. The van der Waals surface area contributed by atoms with Gasteiger partial charge in [0.15, 0.2) is 0 Å². The molecule has 4 aliphatic carbocycles. The van der Waals surface area contributed by atoms with Gasteiger partial charge in [-0.3, -0.25) is 4.79 Å². The van der Waals surface area contributed by atoms with Gasteiger partial charge in [0.2, 0.25) is 0 Å². The van der Waals surface area contributed by atoms with Crippen molar-refractivity contribution in [2.45, 2.75) is 117 Å². The summed E-state index contributed by atoms with van der Waals surface area (Å²) in [5.74, 6) is 2.35. The highest BCUT2D eigenvalue weighted by Crippen LogP contribution is 2.69. The van der Waals surface area contributed by atoms with E-state index in [0.29, 0.717) is 42.4 Å². The van der Waals surface area contributed by atoms with Crippen LogP contribution in [-0.2, 0) is 9.53 Å². The molecule has 5 nitrogen and oxygen atoms in total. The molecule has 0 unspecified atom stereocenters. The molecule has 0 aromatic carbocycles. The van der Waals surface area contributed by atoms with Crippen LogP contribution < -0.4 is 0 Å². The van der Waals surface area contributed by atoms with Crippen LogP contribution in [0.3, 0.4) is 0 Å². The van der Waals surface area contributed by atoms with Gasteiger partial charge < -0.3 is 20.1 Å². The average Bonchev–Trinajstić information content (AvgIpc) is 3.13. The maximum absolute atomic E-state index is 12.2. The van der Waals surface area contributed by atoms with Gasteiger partial charge in [-0.25, -0.2) is 0 Å². The van der Waals surface area contributed by atoms with E-state index < -0.39 is 35.3 Å². The third-order valence-electron chi connectivity index (χ3n) is 11.6. The lowest BCUT2D eigenvalue weighted by molar-refractivity contribution is -0.299.